The molecule has 0 fully saturated rings. The summed E-state index contributed by atoms with van der Waals surface area (Å²) < 4.78 is 24.8. The summed E-state index contributed by atoms with van der Waals surface area (Å²) in [7, 11) is 1.55. The standard InChI is InChI=1S/C13H14ClN3O2S/c1-8(2)17-12(15-16-13(17)20(14,18)19)11-7-9-5-3-4-6-10(9)11/h3-6,8,11H,7H2,1-2H3. The molecule has 1 aromatic heterocycles. The molecular formula is C13H14ClN3O2S. The molecule has 0 amide bonds. The topological polar surface area (TPSA) is 64.8 Å². The maximum atomic E-state index is 11.6. The third-order valence-electron chi connectivity index (χ3n) is 3.59. The lowest BCUT2D eigenvalue weighted by Crippen LogP contribution is -2.23. The van der Waals surface area contributed by atoms with Gasteiger partial charge in [0, 0.05) is 22.6 Å². The zero-order chi connectivity index (χ0) is 14.5. The Bertz CT molecular complexity index is 768. The van der Waals surface area contributed by atoms with Gasteiger partial charge in [0.15, 0.2) is 0 Å². The molecule has 0 saturated carbocycles. The summed E-state index contributed by atoms with van der Waals surface area (Å²) in [6, 6.07) is 8.01. The van der Waals surface area contributed by atoms with Gasteiger partial charge in [-0.3, -0.25) is 4.57 Å². The number of aromatic nitrogens is 3. The SMILES string of the molecule is CC(C)n1c(C2Cc3ccccc32)nnc1S(=O)(=O)Cl. The molecule has 1 aromatic carbocycles. The molecule has 1 aliphatic rings. The highest BCUT2D eigenvalue weighted by atomic mass is 35.7. The van der Waals surface area contributed by atoms with Gasteiger partial charge in [0.05, 0.1) is 0 Å². The van der Waals surface area contributed by atoms with Crippen molar-refractivity contribution in [3.63, 3.8) is 0 Å². The van der Waals surface area contributed by atoms with Crippen LogP contribution in [-0.2, 0) is 15.5 Å². The molecular weight excluding hydrogens is 298 g/mol. The smallest absolute Gasteiger partial charge is 0.296 e. The minimum atomic E-state index is -3.89. The molecule has 3 rings (SSSR count). The first kappa shape index (κ1) is 13.6. The van der Waals surface area contributed by atoms with Crippen molar-refractivity contribution >= 4 is 19.7 Å². The van der Waals surface area contributed by atoms with Crippen molar-refractivity contribution < 1.29 is 8.42 Å². The lowest BCUT2D eigenvalue weighted by molar-refractivity contribution is 0.487. The lowest BCUT2D eigenvalue weighted by Gasteiger charge is -2.30. The molecule has 1 unspecified atom stereocenters. The van der Waals surface area contributed by atoms with Gasteiger partial charge in [-0.15, -0.1) is 10.2 Å². The molecule has 0 aliphatic heterocycles. The van der Waals surface area contributed by atoms with Crippen molar-refractivity contribution in [2.24, 2.45) is 0 Å². The Morgan fingerprint density at radius 1 is 1.30 bits per heavy atom. The van der Waals surface area contributed by atoms with E-state index in [-0.39, 0.29) is 17.1 Å². The van der Waals surface area contributed by atoms with Crippen LogP contribution in [0, 0.1) is 0 Å². The number of benzene rings is 1. The quantitative estimate of drug-likeness (QED) is 0.817. The van der Waals surface area contributed by atoms with E-state index in [1.165, 1.54) is 11.1 Å². The second-order valence-corrected chi connectivity index (χ2v) is 7.66. The second kappa shape index (κ2) is 4.56. The van der Waals surface area contributed by atoms with E-state index in [1.54, 1.807) is 4.57 Å². The summed E-state index contributed by atoms with van der Waals surface area (Å²) in [5.74, 6) is 0.756. The minimum absolute atomic E-state index is 0.0729. The summed E-state index contributed by atoms with van der Waals surface area (Å²) in [6.07, 6.45) is 0.851. The second-order valence-electron chi connectivity index (χ2n) is 5.20. The minimum Gasteiger partial charge on any atom is -0.298 e. The summed E-state index contributed by atoms with van der Waals surface area (Å²) in [5, 5.41) is 7.68. The van der Waals surface area contributed by atoms with Crippen LogP contribution in [0.25, 0.3) is 0 Å². The number of hydrogen-bond donors (Lipinski definition) is 0. The van der Waals surface area contributed by atoms with Gasteiger partial charge < -0.3 is 0 Å². The van der Waals surface area contributed by atoms with Gasteiger partial charge in [-0.2, -0.15) is 0 Å². The molecule has 2 aromatic rings. The normalized spacial score (nSPS) is 17.9. The fourth-order valence-electron chi connectivity index (χ4n) is 2.67. The molecule has 1 atom stereocenters. The van der Waals surface area contributed by atoms with Crippen LogP contribution in [0.15, 0.2) is 29.4 Å². The van der Waals surface area contributed by atoms with Crippen molar-refractivity contribution in [1.29, 1.82) is 0 Å². The zero-order valence-corrected chi connectivity index (χ0v) is 12.7. The average molecular weight is 312 g/mol. The highest BCUT2D eigenvalue weighted by molar-refractivity contribution is 8.13. The Morgan fingerprint density at radius 3 is 2.60 bits per heavy atom. The van der Waals surface area contributed by atoms with Crippen LogP contribution < -0.4 is 0 Å². The molecule has 0 N–H and O–H groups in total. The van der Waals surface area contributed by atoms with Gasteiger partial charge in [-0.1, -0.05) is 24.3 Å². The molecule has 1 heterocycles. The third-order valence-corrected chi connectivity index (χ3v) is 4.72. The van der Waals surface area contributed by atoms with E-state index < -0.39 is 9.05 Å². The van der Waals surface area contributed by atoms with E-state index >= 15 is 0 Å². The molecule has 20 heavy (non-hydrogen) atoms. The lowest BCUT2D eigenvalue weighted by atomic mass is 9.77. The van der Waals surface area contributed by atoms with Crippen LogP contribution in [0.2, 0.25) is 0 Å². The van der Waals surface area contributed by atoms with Crippen LogP contribution in [0.3, 0.4) is 0 Å². The predicted octanol–water partition coefficient (Wildman–Crippen LogP) is 2.47. The van der Waals surface area contributed by atoms with Gasteiger partial charge in [-0.05, 0) is 31.4 Å². The molecule has 0 spiro atoms. The molecule has 0 radical (unpaired) electrons. The Kier molecular flexibility index (Phi) is 3.10. The monoisotopic (exact) mass is 311 g/mol. The molecule has 1 aliphatic carbocycles. The third kappa shape index (κ3) is 2.03. The van der Waals surface area contributed by atoms with Gasteiger partial charge in [0.2, 0.25) is 0 Å². The average Bonchev–Trinajstić information content (AvgIpc) is 2.75. The molecule has 0 saturated heterocycles. The Morgan fingerprint density at radius 2 is 2.00 bits per heavy atom. The molecule has 0 bridgehead atoms. The van der Waals surface area contributed by atoms with Gasteiger partial charge >= 0.3 is 0 Å². The first-order valence-corrected chi connectivity index (χ1v) is 8.67. The van der Waals surface area contributed by atoms with Crippen molar-refractivity contribution in [3.05, 3.63) is 41.2 Å². The van der Waals surface area contributed by atoms with Crippen molar-refractivity contribution in [3.8, 4) is 0 Å². The van der Waals surface area contributed by atoms with E-state index in [9.17, 15) is 8.42 Å². The van der Waals surface area contributed by atoms with E-state index in [1.807, 2.05) is 32.0 Å². The fourth-order valence-corrected chi connectivity index (χ4v) is 3.66. The fraction of sp³-hybridized carbons (Fsp3) is 0.385. The molecule has 7 heteroatoms. The highest BCUT2D eigenvalue weighted by Gasteiger charge is 2.34. The number of hydrogen-bond acceptors (Lipinski definition) is 4. The zero-order valence-electron chi connectivity index (χ0n) is 11.1. The first-order chi connectivity index (χ1) is 9.39. The number of fused-ring (bicyclic) bond motifs is 1. The Balaban J connectivity index is 2.11. The maximum Gasteiger partial charge on any atom is 0.296 e. The highest BCUT2D eigenvalue weighted by Crippen LogP contribution is 2.40. The molecule has 5 nitrogen and oxygen atoms in total. The summed E-state index contributed by atoms with van der Waals surface area (Å²) in [5.41, 5.74) is 2.45. The van der Waals surface area contributed by atoms with Gasteiger partial charge in [-0.25, -0.2) is 8.42 Å². The van der Waals surface area contributed by atoms with Crippen LogP contribution in [0.5, 0.6) is 0 Å². The molecule has 106 valence electrons. The van der Waals surface area contributed by atoms with Crippen molar-refractivity contribution in [1.82, 2.24) is 14.8 Å². The maximum absolute atomic E-state index is 11.6. The van der Waals surface area contributed by atoms with E-state index in [2.05, 4.69) is 16.3 Å². The van der Waals surface area contributed by atoms with Crippen LogP contribution >= 0.6 is 10.7 Å². The van der Waals surface area contributed by atoms with Crippen LogP contribution in [-0.4, -0.2) is 23.2 Å². The van der Waals surface area contributed by atoms with Crippen LogP contribution in [0.1, 0.15) is 42.8 Å². The number of rotatable bonds is 3. The van der Waals surface area contributed by atoms with Crippen LogP contribution in [0.4, 0.5) is 0 Å². The van der Waals surface area contributed by atoms with Crippen molar-refractivity contribution in [2.75, 3.05) is 0 Å². The summed E-state index contributed by atoms with van der Waals surface area (Å²) in [6.45, 7) is 3.78. The van der Waals surface area contributed by atoms with E-state index in [0.29, 0.717) is 5.82 Å². The summed E-state index contributed by atoms with van der Waals surface area (Å²) >= 11 is 0. The Hall–Kier alpha value is -1.40. The first-order valence-electron chi connectivity index (χ1n) is 6.37. The number of nitrogens with zero attached hydrogens (tertiary/aromatic N) is 3. The summed E-state index contributed by atoms with van der Waals surface area (Å²) in [4.78, 5) is 0. The number of halogens is 1. The predicted molar refractivity (Wildman–Crippen MR) is 75.4 cm³/mol. The van der Waals surface area contributed by atoms with Gasteiger partial charge in [0.25, 0.3) is 14.2 Å². The van der Waals surface area contributed by atoms with E-state index in [0.717, 1.165) is 6.42 Å². The van der Waals surface area contributed by atoms with Gasteiger partial charge in [0.1, 0.15) is 5.82 Å². The Labute approximate surface area is 122 Å². The largest absolute Gasteiger partial charge is 0.298 e. The van der Waals surface area contributed by atoms with E-state index in [4.69, 9.17) is 10.7 Å². The van der Waals surface area contributed by atoms with Crippen molar-refractivity contribution in [2.45, 2.75) is 37.4 Å².